The average molecular weight is 427 g/mol. The quantitative estimate of drug-likeness (QED) is 0.489. The minimum absolute atomic E-state index is 0.0386. The van der Waals surface area contributed by atoms with Gasteiger partial charge in [0.1, 0.15) is 11.7 Å². The Kier molecular flexibility index (Phi) is 8.62. The van der Waals surface area contributed by atoms with E-state index < -0.39 is 46.6 Å². The molecule has 0 unspecified atom stereocenters. The fourth-order valence-electron chi connectivity index (χ4n) is 2.62. The Morgan fingerprint density at radius 3 is 2.30 bits per heavy atom. The zero-order valence-corrected chi connectivity index (χ0v) is 19.0. The van der Waals surface area contributed by atoms with Crippen molar-refractivity contribution in [1.82, 2.24) is 0 Å². The maximum absolute atomic E-state index is 12.7. The Morgan fingerprint density at radius 1 is 1.22 bits per heavy atom. The molecule has 1 aliphatic rings. The molecule has 0 saturated carbocycles. The number of hydrogen-bond acceptors (Lipinski definition) is 8. The van der Waals surface area contributed by atoms with Crippen molar-refractivity contribution >= 4 is 27.8 Å². The molecular weight excluding hydrogens is 392 g/mol. The van der Waals surface area contributed by atoms with E-state index in [2.05, 4.69) is 25.0 Å². The molecule has 1 aliphatic heterocycles. The highest BCUT2D eigenvalue weighted by molar-refractivity contribution is 8.00. The van der Waals surface area contributed by atoms with Crippen LogP contribution in [0, 0.1) is 5.92 Å². The van der Waals surface area contributed by atoms with Gasteiger partial charge in [-0.1, -0.05) is 20.8 Å². The topological polar surface area (TPSA) is 99.1 Å². The summed E-state index contributed by atoms with van der Waals surface area (Å²) < 4.78 is 38.4. The van der Waals surface area contributed by atoms with Gasteiger partial charge in [-0.05, 0) is 39.4 Å². The van der Waals surface area contributed by atoms with Crippen LogP contribution in [0.3, 0.4) is 0 Å². The number of carbonyl (C=O) groups excluding carboxylic acids is 1. The van der Waals surface area contributed by atoms with E-state index in [1.54, 1.807) is 32.5 Å². The molecule has 0 aromatic carbocycles. The van der Waals surface area contributed by atoms with Gasteiger partial charge in [-0.2, -0.15) is 20.2 Å². The second-order valence-corrected chi connectivity index (χ2v) is 12.4. The third-order valence-corrected chi connectivity index (χ3v) is 5.85. The van der Waals surface area contributed by atoms with Crippen molar-refractivity contribution in [3.8, 4) is 0 Å². The Labute approximate surface area is 167 Å². The molecule has 0 aromatic rings. The van der Waals surface area contributed by atoms with Crippen LogP contribution in [0.15, 0.2) is 0 Å². The molecule has 4 atom stereocenters. The first-order valence-corrected chi connectivity index (χ1v) is 11.9. The molecule has 7 nitrogen and oxygen atoms in total. The number of hydrogen-bond donors (Lipinski definition) is 1. The van der Waals surface area contributed by atoms with Crippen LogP contribution in [0.2, 0.25) is 0 Å². The molecule has 0 aliphatic carbocycles. The SMILES string of the molecule is CC(C)(C)OC(=O)[C@@H]1O[C@H]([C@H](O)COS(C)(=O)=O)CC[C@H]1CSC(C)(C)C. The molecule has 1 fully saturated rings. The highest BCUT2D eigenvalue weighted by Crippen LogP contribution is 2.34. The van der Waals surface area contributed by atoms with Crippen molar-refractivity contribution in [2.75, 3.05) is 18.6 Å². The summed E-state index contributed by atoms with van der Waals surface area (Å²) in [4.78, 5) is 12.7. The zero-order chi connectivity index (χ0) is 21.0. The number of aliphatic hydroxyl groups excluding tert-OH is 1. The summed E-state index contributed by atoms with van der Waals surface area (Å²) in [6.07, 6.45) is -0.506. The van der Waals surface area contributed by atoms with Crippen molar-refractivity contribution < 1.29 is 32.0 Å². The predicted octanol–water partition coefficient (Wildman–Crippen LogP) is 2.36. The third-order valence-electron chi connectivity index (χ3n) is 3.82. The largest absolute Gasteiger partial charge is 0.458 e. The van der Waals surface area contributed by atoms with Crippen LogP contribution in [0.1, 0.15) is 54.4 Å². The van der Waals surface area contributed by atoms with Gasteiger partial charge in [-0.15, -0.1) is 0 Å². The lowest BCUT2D eigenvalue weighted by molar-refractivity contribution is -0.190. The monoisotopic (exact) mass is 426 g/mol. The van der Waals surface area contributed by atoms with Crippen LogP contribution in [0.25, 0.3) is 0 Å². The Hall–Kier alpha value is -0.350. The molecule has 160 valence electrons. The van der Waals surface area contributed by atoms with Crippen LogP contribution in [0.5, 0.6) is 0 Å². The lowest BCUT2D eigenvalue weighted by atomic mass is 9.91. The lowest BCUT2D eigenvalue weighted by Crippen LogP contribution is -2.49. The normalized spacial score (nSPS) is 25.9. The molecule has 0 bridgehead atoms. The summed E-state index contributed by atoms with van der Waals surface area (Å²) >= 11 is 1.75. The van der Waals surface area contributed by atoms with E-state index in [4.69, 9.17) is 9.47 Å². The van der Waals surface area contributed by atoms with Gasteiger partial charge >= 0.3 is 5.97 Å². The van der Waals surface area contributed by atoms with Gasteiger partial charge in [0.25, 0.3) is 10.1 Å². The smallest absolute Gasteiger partial charge is 0.336 e. The van der Waals surface area contributed by atoms with E-state index in [1.165, 1.54) is 0 Å². The van der Waals surface area contributed by atoms with E-state index in [-0.39, 0.29) is 10.7 Å². The number of ether oxygens (including phenoxy) is 2. The van der Waals surface area contributed by atoms with Gasteiger partial charge in [-0.3, -0.25) is 4.18 Å². The fraction of sp³-hybridized carbons (Fsp3) is 0.944. The first kappa shape index (κ1) is 24.7. The lowest BCUT2D eigenvalue weighted by Gasteiger charge is -2.38. The van der Waals surface area contributed by atoms with Gasteiger partial charge < -0.3 is 14.6 Å². The highest BCUT2D eigenvalue weighted by atomic mass is 32.2. The summed E-state index contributed by atoms with van der Waals surface area (Å²) in [5, 5.41) is 10.2. The van der Waals surface area contributed by atoms with Crippen LogP contribution in [-0.2, 0) is 28.6 Å². The molecule has 1 rings (SSSR count). The van der Waals surface area contributed by atoms with Crippen LogP contribution < -0.4 is 0 Å². The van der Waals surface area contributed by atoms with E-state index in [0.717, 1.165) is 12.0 Å². The van der Waals surface area contributed by atoms with Gasteiger partial charge in [0.15, 0.2) is 6.10 Å². The molecular formula is C18H34O7S2. The molecule has 27 heavy (non-hydrogen) atoms. The number of aliphatic hydroxyl groups is 1. The molecule has 1 saturated heterocycles. The van der Waals surface area contributed by atoms with E-state index in [1.807, 2.05) is 0 Å². The standard InChI is InChI=1S/C18H34O7S2/c1-17(2,3)25-16(20)15-12(11-26-18(4,5)6)8-9-14(24-15)13(19)10-23-27(7,21)22/h12-15,19H,8-11H2,1-7H3/t12-,13+,14-,15+/m0/s1. The van der Waals surface area contributed by atoms with Crippen molar-refractivity contribution in [1.29, 1.82) is 0 Å². The van der Waals surface area contributed by atoms with E-state index in [0.29, 0.717) is 12.8 Å². The minimum Gasteiger partial charge on any atom is -0.458 e. The second kappa shape index (κ2) is 9.43. The maximum Gasteiger partial charge on any atom is 0.336 e. The first-order chi connectivity index (χ1) is 12.1. The average Bonchev–Trinajstić information content (AvgIpc) is 2.47. The minimum atomic E-state index is -3.66. The van der Waals surface area contributed by atoms with Gasteiger partial charge in [0, 0.05) is 10.7 Å². The number of rotatable bonds is 7. The summed E-state index contributed by atoms with van der Waals surface area (Å²) in [5.74, 6) is 0.238. The van der Waals surface area contributed by atoms with Crippen molar-refractivity contribution in [3.63, 3.8) is 0 Å². The maximum atomic E-state index is 12.7. The highest BCUT2D eigenvalue weighted by Gasteiger charge is 2.41. The summed E-state index contributed by atoms with van der Waals surface area (Å²) in [6.45, 7) is 11.3. The molecule has 0 amide bonds. The van der Waals surface area contributed by atoms with Crippen molar-refractivity contribution in [2.45, 2.75) is 83.0 Å². The molecule has 1 heterocycles. The zero-order valence-electron chi connectivity index (χ0n) is 17.4. The molecule has 0 spiro atoms. The van der Waals surface area contributed by atoms with Gasteiger partial charge in [0.05, 0.1) is 19.0 Å². The number of thioether (sulfide) groups is 1. The Balaban J connectivity index is 2.83. The van der Waals surface area contributed by atoms with Crippen LogP contribution in [-0.4, -0.2) is 66.8 Å². The fourth-order valence-corrected chi connectivity index (χ4v) is 4.06. The van der Waals surface area contributed by atoms with Crippen molar-refractivity contribution in [2.24, 2.45) is 5.92 Å². The summed E-state index contributed by atoms with van der Waals surface area (Å²) in [6, 6.07) is 0. The first-order valence-electron chi connectivity index (χ1n) is 9.12. The van der Waals surface area contributed by atoms with E-state index in [9.17, 15) is 18.3 Å². The molecule has 0 aromatic heterocycles. The number of esters is 1. The Bertz CT molecular complexity index is 590. The molecule has 0 radical (unpaired) electrons. The van der Waals surface area contributed by atoms with E-state index >= 15 is 0 Å². The molecule has 1 N–H and O–H groups in total. The van der Waals surface area contributed by atoms with Gasteiger partial charge in [0.2, 0.25) is 0 Å². The predicted molar refractivity (Wildman–Crippen MR) is 106 cm³/mol. The van der Waals surface area contributed by atoms with Crippen LogP contribution >= 0.6 is 11.8 Å². The third kappa shape index (κ3) is 10.1. The summed E-state index contributed by atoms with van der Waals surface area (Å²) in [5.41, 5.74) is -0.646. The summed E-state index contributed by atoms with van der Waals surface area (Å²) in [7, 11) is -3.66. The van der Waals surface area contributed by atoms with Gasteiger partial charge in [-0.25, -0.2) is 4.79 Å². The van der Waals surface area contributed by atoms with Crippen LogP contribution in [0.4, 0.5) is 0 Å². The van der Waals surface area contributed by atoms with Crippen molar-refractivity contribution in [3.05, 3.63) is 0 Å². The Morgan fingerprint density at radius 2 is 1.81 bits per heavy atom. The molecule has 9 heteroatoms. The number of carbonyl (C=O) groups is 1. The second-order valence-electron chi connectivity index (χ2n) is 8.95.